The average Bonchev–Trinajstić information content (AvgIpc) is 3.01. The van der Waals surface area contributed by atoms with Crippen molar-refractivity contribution in [2.24, 2.45) is 5.92 Å². The van der Waals surface area contributed by atoms with Gasteiger partial charge in [0.1, 0.15) is 17.7 Å². The van der Waals surface area contributed by atoms with Crippen LogP contribution in [0.15, 0.2) is 12.4 Å². The van der Waals surface area contributed by atoms with Gasteiger partial charge in [0.2, 0.25) is 0 Å². The Bertz CT molecular complexity index is 774. The summed E-state index contributed by atoms with van der Waals surface area (Å²) >= 11 is 0. The Balaban J connectivity index is 1.59. The molecule has 0 unspecified atom stereocenters. The van der Waals surface area contributed by atoms with E-state index in [2.05, 4.69) is 26.0 Å². The van der Waals surface area contributed by atoms with Crippen LogP contribution in [0.4, 0.5) is 10.6 Å². The Hall–Kier alpha value is -2.38. The van der Waals surface area contributed by atoms with E-state index in [1.807, 2.05) is 34.7 Å². The molecule has 142 valence electrons. The second-order valence-corrected chi connectivity index (χ2v) is 8.02. The zero-order valence-electron chi connectivity index (χ0n) is 16.3. The molecule has 1 aliphatic rings. The van der Waals surface area contributed by atoms with Crippen molar-refractivity contribution in [1.29, 1.82) is 0 Å². The molecule has 0 N–H and O–H groups in total. The summed E-state index contributed by atoms with van der Waals surface area (Å²) in [6.07, 6.45) is 3.32. The number of rotatable bonds is 3. The molecule has 8 heteroatoms. The molecular weight excluding hydrogens is 332 g/mol. The first-order valence-corrected chi connectivity index (χ1v) is 9.09. The second kappa shape index (κ2) is 7.09. The third-order valence-electron chi connectivity index (χ3n) is 4.54. The number of fused-ring (bicyclic) bond motifs is 1. The van der Waals surface area contributed by atoms with E-state index in [4.69, 9.17) is 4.74 Å². The van der Waals surface area contributed by atoms with Crippen LogP contribution in [0, 0.1) is 12.8 Å². The van der Waals surface area contributed by atoms with Gasteiger partial charge in [-0.1, -0.05) is 0 Å². The molecule has 8 nitrogen and oxygen atoms in total. The average molecular weight is 360 g/mol. The summed E-state index contributed by atoms with van der Waals surface area (Å²) < 4.78 is 7.23. The molecule has 0 aromatic carbocycles. The van der Waals surface area contributed by atoms with Crippen molar-refractivity contribution in [2.45, 2.75) is 46.1 Å². The lowest BCUT2D eigenvalue weighted by atomic mass is 9.96. The van der Waals surface area contributed by atoms with E-state index < -0.39 is 5.60 Å². The van der Waals surface area contributed by atoms with Gasteiger partial charge in [0.05, 0.1) is 0 Å². The van der Waals surface area contributed by atoms with Crippen LogP contribution in [-0.4, -0.2) is 62.9 Å². The van der Waals surface area contributed by atoms with Gasteiger partial charge in [-0.15, -0.1) is 0 Å². The topological polar surface area (TPSA) is 75.9 Å². The Morgan fingerprint density at radius 1 is 1.35 bits per heavy atom. The number of carbonyl (C=O) groups excluding carboxylic acids is 1. The lowest BCUT2D eigenvalue weighted by Gasteiger charge is -2.35. The van der Waals surface area contributed by atoms with Crippen molar-refractivity contribution in [1.82, 2.24) is 24.5 Å². The van der Waals surface area contributed by atoms with Gasteiger partial charge in [0.25, 0.3) is 5.78 Å². The summed E-state index contributed by atoms with van der Waals surface area (Å²) in [5.41, 5.74) is 0.476. The number of aromatic nitrogens is 4. The molecule has 2 aromatic heterocycles. The first-order chi connectivity index (χ1) is 12.2. The summed E-state index contributed by atoms with van der Waals surface area (Å²) in [4.78, 5) is 24.7. The van der Waals surface area contributed by atoms with Crippen LogP contribution in [0.3, 0.4) is 0 Å². The van der Waals surface area contributed by atoms with Crippen LogP contribution >= 0.6 is 0 Å². The number of piperidine rings is 1. The van der Waals surface area contributed by atoms with Gasteiger partial charge in [0, 0.05) is 38.4 Å². The van der Waals surface area contributed by atoms with E-state index >= 15 is 0 Å². The molecule has 1 fully saturated rings. The second-order valence-electron chi connectivity index (χ2n) is 8.02. The van der Waals surface area contributed by atoms with Crippen molar-refractivity contribution in [2.75, 3.05) is 31.6 Å². The highest BCUT2D eigenvalue weighted by Crippen LogP contribution is 2.24. The normalized spacial score (nSPS) is 16.1. The molecule has 26 heavy (non-hydrogen) atoms. The highest BCUT2D eigenvalue weighted by molar-refractivity contribution is 5.67. The molecule has 0 aliphatic carbocycles. The maximum atomic E-state index is 12.1. The van der Waals surface area contributed by atoms with Crippen LogP contribution in [0.25, 0.3) is 5.78 Å². The number of ether oxygens (including phenoxy) is 1. The summed E-state index contributed by atoms with van der Waals surface area (Å²) in [5.74, 6) is 2.13. The Morgan fingerprint density at radius 3 is 2.69 bits per heavy atom. The van der Waals surface area contributed by atoms with Crippen LogP contribution < -0.4 is 4.90 Å². The quantitative estimate of drug-likeness (QED) is 0.837. The van der Waals surface area contributed by atoms with Gasteiger partial charge >= 0.3 is 6.09 Å². The Kier molecular flexibility index (Phi) is 5.02. The number of amides is 1. The lowest BCUT2D eigenvalue weighted by molar-refractivity contribution is 0.0266. The fourth-order valence-electron chi connectivity index (χ4n) is 3.28. The van der Waals surface area contributed by atoms with Crippen LogP contribution in [-0.2, 0) is 4.74 Å². The third-order valence-corrected chi connectivity index (χ3v) is 4.54. The zero-order chi connectivity index (χ0) is 18.9. The third kappa shape index (κ3) is 4.23. The molecule has 0 radical (unpaired) electrons. The van der Waals surface area contributed by atoms with E-state index in [1.165, 1.54) is 6.33 Å². The first kappa shape index (κ1) is 18.4. The molecule has 0 spiro atoms. The number of nitrogens with zero attached hydrogens (tertiary/aromatic N) is 6. The Morgan fingerprint density at radius 2 is 2.04 bits per heavy atom. The maximum absolute atomic E-state index is 12.1. The van der Waals surface area contributed by atoms with E-state index in [0.29, 0.717) is 11.7 Å². The predicted molar refractivity (Wildman–Crippen MR) is 99.3 cm³/mol. The summed E-state index contributed by atoms with van der Waals surface area (Å²) in [6.45, 7) is 10.2. The van der Waals surface area contributed by atoms with Gasteiger partial charge in [-0.05, 0) is 46.5 Å². The van der Waals surface area contributed by atoms with Gasteiger partial charge < -0.3 is 14.5 Å². The lowest BCUT2D eigenvalue weighted by Crippen LogP contribution is -2.41. The largest absolute Gasteiger partial charge is 0.444 e. The fraction of sp³-hybridized carbons (Fsp3) is 0.667. The van der Waals surface area contributed by atoms with Crippen molar-refractivity contribution in [3.63, 3.8) is 0 Å². The molecule has 0 bridgehead atoms. The number of aryl methyl sites for hydroxylation is 1. The molecule has 3 heterocycles. The predicted octanol–water partition coefficient (Wildman–Crippen LogP) is 2.52. The molecule has 1 aliphatic heterocycles. The molecule has 1 saturated heterocycles. The zero-order valence-corrected chi connectivity index (χ0v) is 16.3. The van der Waals surface area contributed by atoms with Crippen molar-refractivity contribution < 1.29 is 9.53 Å². The number of hydrogen-bond acceptors (Lipinski definition) is 6. The Labute approximate surface area is 154 Å². The van der Waals surface area contributed by atoms with Gasteiger partial charge in [-0.25, -0.2) is 9.78 Å². The molecule has 2 aromatic rings. The molecule has 0 atom stereocenters. The first-order valence-electron chi connectivity index (χ1n) is 9.09. The number of carbonyl (C=O) groups is 1. The summed E-state index contributed by atoms with van der Waals surface area (Å²) in [5, 5.41) is 4.29. The van der Waals surface area contributed by atoms with Crippen molar-refractivity contribution in [3.8, 4) is 0 Å². The van der Waals surface area contributed by atoms with Gasteiger partial charge in [0.15, 0.2) is 0 Å². The summed E-state index contributed by atoms with van der Waals surface area (Å²) in [6, 6.07) is 2.05. The van der Waals surface area contributed by atoms with E-state index in [1.54, 1.807) is 9.42 Å². The van der Waals surface area contributed by atoms with Crippen molar-refractivity contribution >= 4 is 17.7 Å². The van der Waals surface area contributed by atoms with Crippen molar-refractivity contribution in [3.05, 3.63) is 18.1 Å². The minimum atomic E-state index is -0.461. The van der Waals surface area contributed by atoms with Crippen LogP contribution in [0.1, 0.15) is 39.3 Å². The molecule has 1 amide bonds. The molecular formula is C18H28N6O2. The van der Waals surface area contributed by atoms with Crippen LogP contribution in [0.2, 0.25) is 0 Å². The van der Waals surface area contributed by atoms with E-state index in [0.717, 1.165) is 44.0 Å². The standard InChI is InChI=1S/C18H28N6O2/c1-13-10-15(24-16(21-13)19-12-20-24)23-8-6-14(7-9-23)11-22(5)17(25)26-18(2,3)4/h10,12,14H,6-9,11H2,1-5H3. The SMILES string of the molecule is Cc1cc(N2CCC(CN(C)C(=O)OC(C)(C)C)CC2)n2ncnc2n1. The van der Waals surface area contributed by atoms with E-state index in [-0.39, 0.29) is 6.09 Å². The summed E-state index contributed by atoms with van der Waals surface area (Å²) in [7, 11) is 1.81. The fourth-order valence-corrected chi connectivity index (χ4v) is 3.28. The van der Waals surface area contributed by atoms with Crippen LogP contribution in [0.5, 0.6) is 0 Å². The van der Waals surface area contributed by atoms with Gasteiger partial charge in [-0.2, -0.15) is 14.6 Å². The maximum Gasteiger partial charge on any atom is 0.410 e. The number of hydrogen-bond donors (Lipinski definition) is 0. The van der Waals surface area contributed by atoms with Gasteiger partial charge in [-0.3, -0.25) is 0 Å². The number of anilines is 1. The minimum absolute atomic E-state index is 0.256. The van der Waals surface area contributed by atoms with E-state index in [9.17, 15) is 4.79 Å². The molecule has 0 saturated carbocycles. The minimum Gasteiger partial charge on any atom is -0.444 e. The highest BCUT2D eigenvalue weighted by Gasteiger charge is 2.26. The highest BCUT2D eigenvalue weighted by atomic mass is 16.6. The smallest absolute Gasteiger partial charge is 0.410 e. The molecule has 3 rings (SSSR count). The monoisotopic (exact) mass is 360 g/mol.